The molecule has 0 fully saturated rings. The van der Waals surface area contributed by atoms with Crippen LogP contribution in [-0.2, 0) is 17.5 Å². The maximum absolute atomic E-state index is 12.6. The Morgan fingerprint density at radius 1 is 1.03 bits per heavy atom. The van der Waals surface area contributed by atoms with E-state index in [4.69, 9.17) is 31.7 Å². The van der Waals surface area contributed by atoms with Crippen LogP contribution >= 0.6 is 11.6 Å². The number of hydroxylamine groups is 1. The standard InChI is InChI=1S/C19H17ClF3N5O4/c1-12-17(20)18(26-11-25-12)27(32-28(29)30)9-8-13-2-5-15(6-3-13)31-16-7-4-14(10-24-16)19(21,22)23/h2-7,10-11,29-30H,8-9H2,1H3. The second kappa shape index (κ2) is 10.1. The van der Waals surface area contributed by atoms with Gasteiger partial charge in [-0.05, 0) is 37.1 Å². The SMILES string of the molecule is Cc1ncnc(N(CCc2ccc(Oc3ccc(C(F)(F)F)cn3)cc2)ON(O)O)c1Cl. The van der Waals surface area contributed by atoms with Gasteiger partial charge < -0.3 is 4.74 Å². The minimum atomic E-state index is -4.47. The molecule has 3 aromatic rings. The second-order valence-corrected chi connectivity index (χ2v) is 6.79. The lowest BCUT2D eigenvalue weighted by Gasteiger charge is -2.23. The van der Waals surface area contributed by atoms with Crippen molar-refractivity contribution in [1.29, 1.82) is 0 Å². The van der Waals surface area contributed by atoms with Crippen molar-refractivity contribution in [2.45, 2.75) is 19.5 Å². The zero-order valence-corrected chi connectivity index (χ0v) is 17.2. The lowest BCUT2D eigenvalue weighted by Crippen LogP contribution is -2.34. The van der Waals surface area contributed by atoms with E-state index >= 15 is 0 Å². The third-order valence-corrected chi connectivity index (χ3v) is 4.61. The number of aromatic nitrogens is 3. The van der Waals surface area contributed by atoms with Gasteiger partial charge in [-0.25, -0.2) is 20.0 Å². The van der Waals surface area contributed by atoms with Gasteiger partial charge >= 0.3 is 6.18 Å². The molecule has 2 aromatic heterocycles. The first-order chi connectivity index (χ1) is 15.1. The zero-order chi connectivity index (χ0) is 23.3. The Labute approximate surface area is 185 Å². The molecule has 0 bridgehead atoms. The average molecular weight is 472 g/mol. The van der Waals surface area contributed by atoms with E-state index in [0.717, 1.165) is 22.8 Å². The fourth-order valence-electron chi connectivity index (χ4n) is 2.58. The Morgan fingerprint density at radius 2 is 1.75 bits per heavy atom. The van der Waals surface area contributed by atoms with Crippen molar-refractivity contribution < 1.29 is 33.3 Å². The third kappa shape index (κ3) is 6.24. The molecular formula is C19H17ClF3N5O4. The number of nitrogens with zero attached hydrogens (tertiary/aromatic N) is 5. The summed E-state index contributed by atoms with van der Waals surface area (Å²) in [5.41, 5.74) is 0.428. The molecule has 3 rings (SSSR count). The average Bonchev–Trinajstić information content (AvgIpc) is 2.74. The molecule has 32 heavy (non-hydrogen) atoms. The number of hydrogen-bond acceptors (Lipinski definition) is 9. The molecule has 0 atom stereocenters. The highest BCUT2D eigenvalue weighted by atomic mass is 35.5. The number of aryl methyl sites for hydroxylation is 1. The smallest absolute Gasteiger partial charge is 0.417 e. The summed E-state index contributed by atoms with van der Waals surface area (Å²) in [7, 11) is 0. The summed E-state index contributed by atoms with van der Waals surface area (Å²) in [5, 5.41) is 18.9. The van der Waals surface area contributed by atoms with E-state index in [9.17, 15) is 13.2 Å². The van der Waals surface area contributed by atoms with Gasteiger partial charge in [0.05, 0.1) is 23.2 Å². The van der Waals surface area contributed by atoms with Crippen molar-refractivity contribution in [3.8, 4) is 11.6 Å². The number of pyridine rings is 1. The molecule has 0 amide bonds. The monoisotopic (exact) mass is 471 g/mol. The highest BCUT2D eigenvalue weighted by molar-refractivity contribution is 6.33. The van der Waals surface area contributed by atoms with Crippen LogP contribution in [0.3, 0.4) is 0 Å². The molecule has 1 aromatic carbocycles. The van der Waals surface area contributed by atoms with Crippen LogP contribution in [0.25, 0.3) is 0 Å². The van der Waals surface area contributed by atoms with Crippen LogP contribution in [0, 0.1) is 6.92 Å². The topological polar surface area (TPSA) is 104 Å². The minimum Gasteiger partial charge on any atom is -0.439 e. The van der Waals surface area contributed by atoms with Crippen LogP contribution in [-0.4, -0.2) is 37.3 Å². The highest BCUT2D eigenvalue weighted by Gasteiger charge is 2.30. The molecule has 170 valence electrons. The predicted molar refractivity (Wildman–Crippen MR) is 105 cm³/mol. The van der Waals surface area contributed by atoms with Crippen molar-refractivity contribution in [3.05, 3.63) is 70.8 Å². The van der Waals surface area contributed by atoms with Crippen LogP contribution < -0.4 is 9.80 Å². The lowest BCUT2D eigenvalue weighted by atomic mass is 10.1. The molecule has 0 aliphatic heterocycles. The Hall–Kier alpha value is -3.03. The fraction of sp³-hybridized carbons (Fsp3) is 0.211. The van der Waals surface area contributed by atoms with Gasteiger partial charge in [-0.15, -0.1) is 4.94 Å². The summed E-state index contributed by atoms with van der Waals surface area (Å²) < 4.78 is 43.3. The van der Waals surface area contributed by atoms with Crippen molar-refractivity contribution in [3.63, 3.8) is 0 Å². The Kier molecular flexibility index (Phi) is 7.43. The molecule has 0 aliphatic carbocycles. The van der Waals surface area contributed by atoms with Gasteiger partial charge in [0.25, 0.3) is 0 Å². The highest BCUT2D eigenvalue weighted by Crippen LogP contribution is 2.30. The summed E-state index contributed by atoms with van der Waals surface area (Å²) in [6.07, 6.45) is -2.13. The van der Waals surface area contributed by atoms with Crippen LogP contribution in [0.1, 0.15) is 16.8 Å². The molecule has 0 radical (unpaired) electrons. The number of anilines is 1. The number of rotatable bonds is 8. The molecule has 2 N–H and O–H groups in total. The van der Waals surface area contributed by atoms with Crippen LogP contribution in [0.5, 0.6) is 11.6 Å². The van der Waals surface area contributed by atoms with Gasteiger partial charge in [-0.2, -0.15) is 13.2 Å². The van der Waals surface area contributed by atoms with Crippen LogP contribution in [0.2, 0.25) is 5.02 Å². The van der Waals surface area contributed by atoms with E-state index < -0.39 is 17.1 Å². The van der Waals surface area contributed by atoms with E-state index in [-0.39, 0.29) is 23.3 Å². The molecule has 0 aliphatic rings. The predicted octanol–water partition coefficient (Wildman–Crippen LogP) is 4.62. The molecular weight excluding hydrogens is 455 g/mol. The Bertz CT molecular complexity index is 1040. The van der Waals surface area contributed by atoms with E-state index in [1.54, 1.807) is 31.2 Å². The first-order valence-electron chi connectivity index (χ1n) is 9.04. The normalized spacial score (nSPS) is 11.6. The number of halogens is 4. The molecule has 9 nitrogen and oxygen atoms in total. The van der Waals surface area contributed by atoms with Gasteiger partial charge in [0.2, 0.25) is 5.88 Å². The maximum atomic E-state index is 12.6. The lowest BCUT2D eigenvalue weighted by molar-refractivity contribution is -0.496. The Morgan fingerprint density at radius 3 is 2.34 bits per heavy atom. The quantitative estimate of drug-likeness (QED) is 0.455. The van der Waals surface area contributed by atoms with Gasteiger partial charge in [-0.1, -0.05) is 23.7 Å². The molecule has 13 heteroatoms. The van der Waals surface area contributed by atoms with Gasteiger partial charge in [-0.3, -0.25) is 10.4 Å². The molecule has 2 heterocycles. The van der Waals surface area contributed by atoms with Gasteiger partial charge in [0.15, 0.2) is 5.82 Å². The van der Waals surface area contributed by atoms with Crippen LogP contribution in [0.4, 0.5) is 19.0 Å². The van der Waals surface area contributed by atoms with E-state index in [0.29, 0.717) is 24.1 Å². The van der Waals surface area contributed by atoms with Crippen molar-refractivity contribution in [2.75, 3.05) is 11.6 Å². The number of hydrogen-bond donors (Lipinski definition) is 2. The van der Waals surface area contributed by atoms with Gasteiger partial charge in [0.1, 0.15) is 17.1 Å². The number of benzene rings is 1. The van der Waals surface area contributed by atoms with Crippen LogP contribution in [0.15, 0.2) is 48.9 Å². The van der Waals surface area contributed by atoms with Gasteiger partial charge in [0, 0.05) is 12.3 Å². The summed E-state index contributed by atoms with van der Waals surface area (Å²) in [6, 6.07) is 8.70. The van der Waals surface area contributed by atoms with Crippen molar-refractivity contribution in [2.24, 2.45) is 0 Å². The third-order valence-electron chi connectivity index (χ3n) is 4.17. The summed E-state index contributed by atoms with van der Waals surface area (Å²) in [6.45, 7) is 1.79. The summed E-state index contributed by atoms with van der Waals surface area (Å²) in [5.74, 6) is 0.533. The van der Waals surface area contributed by atoms with E-state index in [2.05, 4.69) is 15.0 Å². The Balaban J connectivity index is 1.64. The first kappa shape index (κ1) is 23.6. The second-order valence-electron chi connectivity index (χ2n) is 6.41. The first-order valence-corrected chi connectivity index (χ1v) is 9.42. The fourth-order valence-corrected chi connectivity index (χ4v) is 2.77. The molecule has 0 saturated carbocycles. The number of ether oxygens (including phenoxy) is 1. The maximum Gasteiger partial charge on any atom is 0.417 e. The number of alkyl halides is 3. The summed E-state index contributed by atoms with van der Waals surface area (Å²) in [4.78, 5) is 16.4. The summed E-state index contributed by atoms with van der Waals surface area (Å²) >= 11 is 6.17. The molecule has 0 spiro atoms. The molecule has 0 saturated heterocycles. The zero-order valence-electron chi connectivity index (χ0n) is 16.5. The van der Waals surface area contributed by atoms with Crippen molar-refractivity contribution >= 4 is 17.4 Å². The largest absolute Gasteiger partial charge is 0.439 e. The van der Waals surface area contributed by atoms with E-state index in [1.165, 1.54) is 6.33 Å². The van der Waals surface area contributed by atoms with E-state index in [1.807, 2.05) is 0 Å². The minimum absolute atomic E-state index is 0.0186. The van der Waals surface area contributed by atoms with Crippen molar-refractivity contribution in [1.82, 2.24) is 20.3 Å². The molecule has 0 unspecified atom stereocenters.